The van der Waals surface area contributed by atoms with Crippen molar-refractivity contribution in [3.63, 3.8) is 0 Å². The molecule has 17 heavy (non-hydrogen) atoms. The largest absolute Gasteiger partial charge is 0.343 e. The van der Waals surface area contributed by atoms with Gasteiger partial charge in [0, 0.05) is 11.3 Å². The number of aromatic amines is 1. The van der Waals surface area contributed by atoms with Crippen molar-refractivity contribution < 1.29 is 0 Å². The molecule has 88 valence electrons. The van der Waals surface area contributed by atoms with Crippen LogP contribution in [0.1, 0.15) is 24.6 Å². The van der Waals surface area contributed by atoms with E-state index in [-0.39, 0.29) is 0 Å². The predicted octanol–water partition coefficient (Wildman–Crippen LogP) is 4.07. The molecule has 0 radical (unpaired) electrons. The maximum absolute atomic E-state index is 5.20. The fraction of sp³-hybridized carbons (Fsp3) is 0.286. The molecule has 0 aliphatic carbocycles. The van der Waals surface area contributed by atoms with Crippen molar-refractivity contribution in [3.05, 3.63) is 46.2 Å². The molecule has 0 saturated carbocycles. The molecule has 1 N–H and O–H groups in total. The van der Waals surface area contributed by atoms with Crippen LogP contribution in [0.15, 0.2) is 30.3 Å². The van der Waals surface area contributed by atoms with Gasteiger partial charge in [0.05, 0.1) is 0 Å². The Labute approximate surface area is 107 Å². The molecule has 0 saturated heterocycles. The Hall–Kier alpha value is -1.48. The lowest BCUT2D eigenvalue weighted by molar-refractivity contribution is 0.873. The molecule has 0 aliphatic rings. The van der Waals surface area contributed by atoms with E-state index in [0.717, 1.165) is 29.9 Å². The lowest BCUT2D eigenvalue weighted by Gasteiger charge is -2.05. The molecule has 2 rings (SSSR count). The van der Waals surface area contributed by atoms with Gasteiger partial charge in [0.15, 0.2) is 0 Å². The van der Waals surface area contributed by atoms with Crippen molar-refractivity contribution in [3.8, 4) is 11.4 Å². The third-order valence-electron chi connectivity index (χ3n) is 2.61. The first-order chi connectivity index (χ1) is 8.19. The second-order valence-corrected chi connectivity index (χ2v) is 4.63. The second kappa shape index (κ2) is 5.23. The normalized spacial score (nSPS) is 10.5. The van der Waals surface area contributed by atoms with Crippen LogP contribution in [0.5, 0.6) is 0 Å². The van der Waals surface area contributed by atoms with Crippen LogP contribution in [0.2, 0.25) is 0 Å². The van der Waals surface area contributed by atoms with E-state index in [4.69, 9.17) is 12.2 Å². The molecule has 0 aliphatic heterocycles. The van der Waals surface area contributed by atoms with Crippen LogP contribution in [0.4, 0.5) is 0 Å². The van der Waals surface area contributed by atoms with Gasteiger partial charge in [-0.2, -0.15) is 0 Å². The minimum absolute atomic E-state index is 0.656. The summed E-state index contributed by atoms with van der Waals surface area (Å²) in [5.74, 6) is 0.865. The van der Waals surface area contributed by atoms with Crippen molar-refractivity contribution in [2.45, 2.75) is 26.7 Å². The Balaban J connectivity index is 2.48. The monoisotopic (exact) mass is 244 g/mol. The highest BCUT2D eigenvalue weighted by Gasteiger charge is 2.02. The first kappa shape index (κ1) is 12.0. The molecule has 2 nitrogen and oxygen atoms in total. The summed E-state index contributed by atoms with van der Waals surface area (Å²) < 4.78 is 0.656. The number of rotatable bonds is 3. The summed E-state index contributed by atoms with van der Waals surface area (Å²) in [6.07, 6.45) is 2.10. The van der Waals surface area contributed by atoms with Gasteiger partial charge in [-0.25, -0.2) is 4.98 Å². The fourth-order valence-corrected chi connectivity index (χ4v) is 2.07. The molecule has 1 heterocycles. The Morgan fingerprint density at radius 3 is 2.82 bits per heavy atom. The topological polar surface area (TPSA) is 28.7 Å². The van der Waals surface area contributed by atoms with Gasteiger partial charge in [0.2, 0.25) is 0 Å². The smallest absolute Gasteiger partial charge is 0.139 e. The lowest BCUT2D eigenvalue weighted by atomic mass is 10.1. The summed E-state index contributed by atoms with van der Waals surface area (Å²) in [5, 5.41) is 0. The Morgan fingerprint density at radius 2 is 2.12 bits per heavy atom. The van der Waals surface area contributed by atoms with Crippen LogP contribution >= 0.6 is 12.2 Å². The number of benzene rings is 1. The summed E-state index contributed by atoms with van der Waals surface area (Å²) in [4.78, 5) is 7.74. The van der Waals surface area contributed by atoms with E-state index >= 15 is 0 Å². The molecule has 3 heteroatoms. The first-order valence-corrected chi connectivity index (χ1v) is 6.27. The molecule has 1 aromatic carbocycles. The molecule has 0 amide bonds. The highest BCUT2D eigenvalue weighted by molar-refractivity contribution is 7.71. The summed E-state index contributed by atoms with van der Waals surface area (Å²) in [6.45, 7) is 4.23. The molecular weight excluding hydrogens is 228 g/mol. The number of hydrogen-bond donors (Lipinski definition) is 1. The highest BCUT2D eigenvalue weighted by atomic mass is 32.1. The minimum Gasteiger partial charge on any atom is -0.343 e. The van der Waals surface area contributed by atoms with Crippen LogP contribution in [0, 0.1) is 11.6 Å². The number of aryl methyl sites for hydroxylation is 2. The third kappa shape index (κ3) is 3.01. The molecule has 0 bridgehead atoms. The van der Waals surface area contributed by atoms with Gasteiger partial charge in [-0.15, -0.1) is 0 Å². The second-order valence-electron chi connectivity index (χ2n) is 4.21. The van der Waals surface area contributed by atoms with Gasteiger partial charge >= 0.3 is 0 Å². The lowest BCUT2D eigenvalue weighted by Crippen LogP contribution is -1.96. The van der Waals surface area contributed by atoms with Gasteiger partial charge in [-0.05, 0) is 25.5 Å². The molecule has 1 aromatic heterocycles. The number of H-pyrrole nitrogens is 1. The van der Waals surface area contributed by atoms with Crippen molar-refractivity contribution in [1.29, 1.82) is 0 Å². The van der Waals surface area contributed by atoms with E-state index in [1.807, 2.05) is 12.1 Å². The van der Waals surface area contributed by atoms with Crippen molar-refractivity contribution in [2.75, 3.05) is 0 Å². The number of aromatic nitrogens is 2. The van der Waals surface area contributed by atoms with Crippen molar-refractivity contribution in [1.82, 2.24) is 9.97 Å². The standard InChI is InChI=1S/C14H16N2S/c1-3-5-12-9-13(17)16-14(15-12)11-7-4-6-10(2)8-11/h4,6-9H,3,5H2,1-2H3,(H,15,16,17). The van der Waals surface area contributed by atoms with Crippen molar-refractivity contribution in [2.24, 2.45) is 0 Å². The molecule has 0 fully saturated rings. The zero-order chi connectivity index (χ0) is 12.3. The van der Waals surface area contributed by atoms with Crippen LogP contribution in [-0.2, 0) is 6.42 Å². The van der Waals surface area contributed by atoms with Crippen LogP contribution in [0.25, 0.3) is 11.4 Å². The van der Waals surface area contributed by atoms with Crippen LogP contribution in [-0.4, -0.2) is 9.97 Å². The summed E-state index contributed by atoms with van der Waals surface area (Å²) in [5.41, 5.74) is 3.47. The minimum atomic E-state index is 0.656. The van der Waals surface area contributed by atoms with E-state index in [9.17, 15) is 0 Å². The Bertz CT molecular complexity index is 572. The molecular formula is C14H16N2S. The summed E-state index contributed by atoms with van der Waals surface area (Å²) in [6, 6.07) is 10.2. The van der Waals surface area contributed by atoms with E-state index in [1.165, 1.54) is 5.56 Å². The summed E-state index contributed by atoms with van der Waals surface area (Å²) in [7, 11) is 0. The SMILES string of the molecule is CCCc1cc(=S)nc(-c2cccc(C)c2)[nH]1. The van der Waals surface area contributed by atoms with Crippen molar-refractivity contribution >= 4 is 12.2 Å². The van der Waals surface area contributed by atoms with Gasteiger partial charge < -0.3 is 4.98 Å². The molecule has 0 unspecified atom stereocenters. The Kier molecular flexibility index (Phi) is 3.69. The van der Waals surface area contributed by atoms with Crippen LogP contribution < -0.4 is 0 Å². The quantitative estimate of drug-likeness (QED) is 0.825. The average Bonchev–Trinajstić information content (AvgIpc) is 2.28. The third-order valence-corrected chi connectivity index (χ3v) is 2.82. The highest BCUT2D eigenvalue weighted by Crippen LogP contribution is 2.16. The zero-order valence-corrected chi connectivity index (χ0v) is 11.0. The van der Waals surface area contributed by atoms with Gasteiger partial charge in [0.25, 0.3) is 0 Å². The van der Waals surface area contributed by atoms with Gasteiger partial charge in [0.1, 0.15) is 10.5 Å². The molecule has 2 aromatic rings. The fourth-order valence-electron chi connectivity index (χ4n) is 1.84. The van der Waals surface area contributed by atoms with E-state index < -0.39 is 0 Å². The van der Waals surface area contributed by atoms with E-state index in [1.54, 1.807) is 0 Å². The number of nitrogens with one attached hydrogen (secondary N) is 1. The van der Waals surface area contributed by atoms with E-state index in [2.05, 4.69) is 42.0 Å². The average molecular weight is 244 g/mol. The number of hydrogen-bond acceptors (Lipinski definition) is 2. The molecule has 0 atom stereocenters. The maximum atomic E-state index is 5.20. The number of nitrogens with zero attached hydrogens (tertiary/aromatic N) is 1. The van der Waals surface area contributed by atoms with Gasteiger partial charge in [-0.1, -0.05) is 49.3 Å². The first-order valence-electron chi connectivity index (χ1n) is 5.86. The van der Waals surface area contributed by atoms with Crippen LogP contribution in [0.3, 0.4) is 0 Å². The zero-order valence-electron chi connectivity index (χ0n) is 10.2. The predicted molar refractivity (Wildman–Crippen MR) is 73.6 cm³/mol. The van der Waals surface area contributed by atoms with E-state index in [0.29, 0.717) is 4.64 Å². The summed E-state index contributed by atoms with van der Waals surface area (Å²) >= 11 is 5.20. The molecule has 0 spiro atoms. The Morgan fingerprint density at radius 1 is 1.29 bits per heavy atom. The maximum Gasteiger partial charge on any atom is 0.139 e. The van der Waals surface area contributed by atoms with Gasteiger partial charge in [-0.3, -0.25) is 0 Å².